The van der Waals surface area contributed by atoms with Gasteiger partial charge in [-0.3, -0.25) is 4.79 Å². The van der Waals surface area contributed by atoms with Crippen molar-refractivity contribution in [3.05, 3.63) is 58.7 Å². The predicted molar refractivity (Wildman–Crippen MR) is 102 cm³/mol. The van der Waals surface area contributed by atoms with Crippen molar-refractivity contribution in [2.75, 3.05) is 20.2 Å². The van der Waals surface area contributed by atoms with E-state index in [1.165, 1.54) is 0 Å². The fourth-order valence-electron chi connectivity index (χ4n) is 3.48. The minimum absolute atomic E-state index is 0.0277. The molecule has 8 heteroatoms. The molecule has 1 aliphatic heterocycles. The standard InChI is InChI=1S/C19H21N5O2S/c1-26-17-10-15(2-5-20-17)19(25)23-7-3-14(4-8-23)18-21-6-9-24(18)11-16-12-27-13-22-16/h2,5-6,9-10,12-14H,3-4,7-8,11H2,1H3. The predicted octanol–water partition coefficient (Wildman–Crippen LogP) is 2.81. The Morgan fingerprint density at radius 1 is 1.26 bits per heavy atom. The molecule has 0 N–H and O–H groups in total. The molecule has 7 nitrogen and oxygen atoms in total. The van der Waals surface area contributed by atoms with Gasteiger partial charge in [0.25, 0.3) is 5.91 Å². The summed E-state index contributed by atoms with van der Waals surface area (Å²) in [6.45, 7) is 2.18. The number of rotatable bonds is 5. The molecule has 1 aliphatic rings. The molecular formula is C19H21N5O2S. The third-order valence-corrected chi connectivity index (χ3v) is 5.54. The van der Waals surface area contributed by atoms with Gasteiger partial charge in [-0.1, -0.05) is 0 Å². The first-order chi connectivity index (χ1) is 13.2. The third kappa shape index (κ3) is 3.85. The van der Waals surface area contributed by atoms with Crippen LogP contribution in [-0.2, 0) is 6.54 Å². The number of aromatic nitrogens is 4. The summed E-state index contributed by atoms with van der Waals surface area (Å²) >= 11 is 1.60. The smallest absolute Gasteiger partial charge is 0.254 e. The topological polar surface area (TPSA) is 73.1 Å². The fourth-order valence-corrected chi connectivity index (χ4v) is 4.03. The molecule has 3 aromatic rings. The van der Waals surface area contributed by atoms with Crippen molar-refractivity contribution in [3.8, 4) is 5.88 Å². The Balaban J connectivity index is 1.40. The van der Waals surface area contributed by atoms with E-state index in [0.717, 1.165) is 44.0 Å². The highest BCUT2D eigenvalue weighted by Gasteiger charge is 2.27. The Labute approximate surface area is 161 Å². The molecule has 140 valence electrons. The van der Waals surface area contributed by atoms with Crippen LogP contribution in [0.25, 0.3) is 0 Å². The Morgan fingerprint density at radius 2 is 2.11 bits per heavy atom. The van der Waals surface area contributed by atoms with Crippen LogP contribution in [0.5, 0.6) is 5.88 Å². The van der Waals surface area contributed by atoms with Gasteiger partial charge in [0.2, 0.25) is 5.88 Å². The second kappa shape index (κ2) is 7.87. The second-order valence-electron chi connectivity index (χ2n) is 6.55. The largest absolute Gasteiger partial charge is 0.481 e. The number of hydrogen-bond donors (Lipinski definition) is 0. The normalized spacial score (nSPS) is 15.1. The van der Waals surface area contributed by atoms with Crippen molar-refractivity contribution in [1.29, 1.82) is 0 Å². The number of ether oxygens (including phenoxy) is 1. The van der Waals surface area contributed by atoms with Gasteiger partial charge >= 0.3 is 0 Å². The van der Waals surface area contributed by atoms with Gasteiger partial charge in [0.05, 0.1) is 24.9 Å². The summed E-state index contributed by atoms with van der Waals surface area (Å²) in [5, 5.41) is 2.06. The van der Waals surface area contributed by atoms with Gasteiger partial charge in [0.15, 0.2) is 0 Å². The first-order valence-electron chi connectivity index (χ1n) is 8.92. The molecule has 1 fully saturated rings. The van der Waals surface area contributed by atoms with Crippen LogP contribution < -0.4 is 4.74 Å². The number of hydrogen-bond acceptors (Lipinski definition) is 6. The first-order valence-corrected chi connectivity index (χ1v) is 9.86. The summed E-state index contributed by atoms with van der Waals surface area (Å²) in [5.41, 5.74) is 3.52. The average molecular weight is 383 g/mol. The van der Waals surface area contributed by atoms with E-state index in [1.807, 2.05) is 22.8 Å². The summed E-state index contributed by atoms with van der Waals surface area (Å²) in [7, 11) is 1.55. The minimum atomic E-state index is 0.0277. The van der Waals surface area contributed by atoms with Gasteiger partial charge in [-0.25, -0.2) is 15.0 Å². The summed E-state index contributed by atoms with van der Waals surface area (Å²) < 4.78 is 7.29. The molecule has 1 saturated heterocycles. The molecule has 0 radical (unpaired) electrons. The Morgan fingerprint density at radius 3 is 2.85 bits per heavy atom. The maximum atomic E-state index is 12.8. The van der Waals surface area contributed by atoms with E-state index >= 15 is 0 Å². The lowest BCUT2D eigenvalue weighted by molar-refractivity contribution is 0.0710. The van der Waals surface area contributed by atoms with Crippen LogP contribution in [0.3, 0.4) is 0 Å². The zero-order valence-electron chi connectivity index (χ0n) is 15.1. The molecule has 4 rings (SSSR count). The lowest BCUT2D eigenvalue weighted by Gasteiger charge is -2.32. The lowest BCUT2D eigenvalue weighted by Crippen LogP contribution is -2.38. The molecule has 1 amide bonds. The minimum Gasteiger partial charge on any atom is -0.481 e. The van der Waals surface area contributed by atoms with E-state index in [1.54, 1.807) is 36.8 Å². The fraction of sp³-hybridized carbons (Fsp3) is 0.368. The molecule has 0 aliphatic carbocycles. The Bertz CT molecular complexity index is 900. The van der Waals surface area contributed by atoms with Crippen molar-refractivity contribution in [2.45, 2.75) is 25.3 Å². The maximum absolute atomic E-state index is 12.8. The zero-order valence-corrected chi connectivity index (χ0v) is 15.9. The van der Waals surface area contributed by atoms with Gasteiger partial charge in [0, 0.05) is 54.6 Å². The number of amides is 1. The summed E-state index contributed by atoms with van der Waals surface area (Å²) in [5.74, 6) is 1.93. The monoisotopic (exact) mass is 383 g/mol. The molecule has 3 aromatic heterocycles. The Kier molecular flexibility index (Phi) is 5.15. The molecule has 0 atom stereocenters. The highest BCUT2D eigenvalue weighted by molar-refractivity contribution is 7.07. The number of carbonyl (C=O) groups is 1. The van der Waals surface area contributed by atoms with Gasteiger partial charge in [0.1, 0.15) is 5.82 Å². The number of imidazole rings is 1. The van der Waals surface area contributed by atoms with E-state index in [-0.39, 0.29) is 5.91 Å². The van der Waals surface area contributed by atoms with Crippen molar-refractivity contribution in [2.24, 2.45) is 0 Å². The highest BCUT2D eigenvalue weighted by Crippen LogP contribution is 2.28. The molecule has 4 heterocycles. The summed E-state index contributed by atoms with van der Waals surface area (Å²) in [6, 6.07) is 3.42. The van der Waals surface area contributed by atoms with Gasteiger partial charge < -0.3 is 14.2 Å². The van der Waals surface area contributed by atoms with E-state index in [9.17, 15) is 4.79 Å². The molecule has 0 saturated carbocycles. The number of carbonyl (C=O) groups excluding carboxylic acids is 1. The summed E-state index contributed by atoms with van der Waals surface area (Å²) in [6.07, 6.45) is 7.27. The van der Waals surface area contributed by atoms with E-state index in [0.29, 0.717) is 17.4 Å². The van der Waals surface area contributed by atoms with Crippen LogP contribution in [0, 0.1) is 0 Å². The van der Waals surface area contributed by atoms with Gasteiger partial charge in [-0.15, -0.1) is 11.3 Å². The van der Waals surface area contributed by atoms with Crippen LogP contribution >= 0.6 is 11.3 Å². The zero-order chi connectivity index (χ0) is 18.6. The van der Waals surface area contributed by atoms with Gasteiger partial charge in [-0.2, -0.15) is 0 Å². The third-order valence-electron chi connectivity index (χ3n) is 4.90. The van der Waals surface area contributed by atoms with Crippen molar-refractivity contribution in [3.63, 3.8) is 0 Å². The van der Waals surface area contributed by atoms with Crippen LogP contribution in [-0.4, -0.2) is 50.5 Å². The highest BCUT2D eigenvalue weighted by atomic mass is 32.1. The van der Waals surface area contributed by atoms with Crippen molar-refractivity contribution < 1.29 is 9.53 Å². The molecule has 27 heavy (non-hydrogen) atoms. The average Bonchev–Trinajstić information content (AvgIpc) is 3.40. The quantitative estimate of drug-likeness (QED) is 0.677. The number of likely N-dealkylation sites (tertiary alicyclic amines) is 1. The van der Waals surface area contributed by atoms with Crippen LogP contribution in [0.4, 0.5) is 0 Å². The second-order valence-corrected chi connectivity index (χ2v) is 7.27. The molecule has 0 bridgehead atoms. The number of nitrogens with zero attached hydrogens (tertiary/aromatic N) is 5. The maximum Gasteiger partial charge on any atom is 0.254 e. The van der Waals surface area contributed by atoms with E-state index < -0.39 is 0 Å². The first kappa shape index (κ1) is 17.7. The van der Waals surface area contributed by atoms with E-state index in [2.05, 4.69) is 24.9 Å². The molecule has 0 spiro atoms. The van der Waals surface area contributed by atoms with Crippen LogP contribution in [0.15, 0.2) is 41.6 Å². The number of methoxy groups -OCH3 is 1. The van der Waals surface area contributed by atoms with Crippen LogP contribution in [0.1, 0.15) is 40.6 Å². The van der Waals surface area contributed by atoms with Crippen LogP contribution in [0.2, 0.25) is 0 Å². The molecule has 0 aromatic carbocycles. The number of piperidine rings is 1. The van der Waals surface area contributed by atoms with Crippen molar-refractivity contribution in [1.82, 2.24) is 24.4 Å². The molecule has 0 unspecified atom stereocenters. The van der Waals surface area contributed by atoms with Crippen molar-refractivity contribution >= 4 is 17.2 Å². The lowest BCUT2D eigenvalue weighted by atomic mass is 9.95. The van der Waals surface area contributed by atoms with E-state index in [4.69, 9.17) is 4.74 Å². The number of thiazole rings is 1. The molecular weight excluding hydrogens is 362 g/mol. The summed E-state index contributed by atoms with van der Waals surface area (Å²) in [4.78, 5) is 27.7. The SMILES string of the molecule is COc1cc(C(=O)N2CCC(c3nccn3Cc3cscn3)CC2)ccn1. The Hall–Kier alpha value is -2.74. The number of pyridine rings is 1. The van der Waals surface area contributed by atoms with Gasteiger partial charge in [-0.05, 0) is 18.9 Å².